The highest BCUT2D eigenvalue weighted by atomic mass is 16.5. The zero-order valence-electron chi connectivity index (χ0n) is 10.7. The van der Waals surface area contributed by atoms with Gasteiger partial charge in [-0.2, -0.15) is 0 Å². The summed E-state index contributed by atoms with van der Waals surface area (Å²) in [5, 5.41) is 0. The third kappa shape index (κ3) is 2.74. The van der Waals surface area contributed by atoms with Crippen molar-refractivity contribution in [3.63, 3.8) is 0 Å². The van der Waals surface area contributed by atoms with Crippen molar-refractivity contribution in [2.24, 2.45) is 0 Å². The molecule has 0 radical (unpaired) electrons. The third-order valence-corrected chi connectivity index (χ3v) is 2.39. The first-order chi connectivity index (χ1) is 8.06. The summed E-state index contributed by atoms with van der Waals surface area (Å²) in [6, 6.07) is 3.96. The molecule has 92 valence electrons. The number of aromatic amines is 1. The maximum absolute atomic E-state index is 5.50. The quantitative estimate of drug-likeness (QED) is 0.878. The Morgan fingerprint density at radius 2 is 2.06 bits per heavy atom. The SMILES string of the molecule is CC(C)OCc1nc2nc(N(C)C)ccc2[nH]1. The highest BCUT2D eigenvalue weighted by Gasteiger charge is 2.06. The molecular weight excluding hydrogens is 216 g/mol. The van der Waals surface area contributed by atoms with Crippen molar-refractivity contribution in [1.82, 2.24) is 15.0 Å². The Labute approximate surface area is 101 Å². The lowest BCUT2D eigenvalue weighted by Crippen LogP contribution is -2.10. The molecule has 0 amide bonds. The van der Waals surface area contributed by atoms with E-state index >= 15 is 0 Å². The smallest absolute Gasteiger partial charge is 0.179 e. The molecule has 0 aliphatic carbocycles. The Balaban J connectivity index is 2.24. The van der Waals surface area contributed by atoms with Gasteiger partial charge in [0.2, 0.25) is 0 Å². The minimum absolute atomic E-state index is 0.202. The topological polar surface area (TPSA) is 54.0 Å². The fraction of sp³-hybridized carbons (Fsp3) is 0.500. The number of hydrogen-bond acceptors (Lipinski definition) is 4. The van der Waals surface area contributed by atoms with E-state index in [2.05, 4.69) is 15.0 Å². The standard InChI is InChI=1S/C12H18N4O/c1-8(2)17-7-10-13-9-5-6-11(16(3)4)15-12(9)14-10/h5-6,8H,7H2,1-4H3,(H,13,14,15). The number of pyridine rings is 1. The molecule has 1 N–H and O–H groups in total. The van der Waals surface area contributed by atoms with Crippen molar-refractivity contribution in [1.29, 1.82) is 0 Å². The predicted octanol–water partition coefficient (Wildman–Crippen LogP) is 1.95. The largest absolute Gasteiger partial charge is 0.371 e. The van der Waals surface area contributed by atoms with Gasteiger partial charge < -0.3 is 14.6 Å². The zero-order chi connectivity index (χ0) is 12.4. The van der Waals surface area contributed by atoms with E-state index in [1.54, 1.807) is 0 Å². The van der Waals surface area contributed by atoms with Crippen LogP contribution in [-0.4, -0.2) is 35.2 Å². The van der Waals surface area contributed by atoms with Gasteiger partial charge in [-0.25, -0.2) is 9.97 Å². The Morgan fingerprint density at radius 1 is 1.29 bits per heavy atom. The van der Waals surface area contributed by atoms with Crippen LogP contribution >= 0.6 is 0 Å². The molecule has 0 aliphatic heterocycles. The number of nitrogens with zero attached hydrogens (tertiary/aromatic N) is 3. The molecule has 0 saturated carbocycles. The van der Waals surface area contributed by atoms with E-state index in [-0.39, 0.29) is 6.10 Å². The molecule has 2 heterocycles. The highest BCUT2D eigenvalue weighted by Crippen LogP contribution is 2.15. The van der Waals surface area contributed by atoms with Crippen LogP contribution in [0.5, 0.6) is 0 Å². The molecule has 0 bridgehead atoms. The Hall–Kier alpha value is -1.62. The van der Waals surface area contributed by atoms with E-state index in [0.717, 1.165) is 22.8 Å². The molecule has 5 nitrogen and oxygen atoms in total. The fourth-order valence-electron chi connectivity index (χ4n) is 1.50. The second-order valence-corrected chi connectivity index (χ2v) is 4.48. The van der Waals surface area contributed by atoms with Crippen LogP contribution in [0.25, 0.3) is 11.2 Å². The van der Waals surface area contributed by atoms with Gasteiger partial charge in [0.1, 0.15) is 18.2 Å². The van der Waals surface area contributed by atoms with Gasteiger partial charge in [-0.1, -0.05) is 0 Å². The Bertz CT molecular complexity index is 504. The van der Waals surface area contributed by atoms with Crippen LogP contribution in [0.4, 0.5) is 5.82 Å². The van der Waals surface area contributed by atoms with Gasteiger partial charge in [0.15, 0.2) is 5.65 Å². The van der Waals surface area contributed by atoms with Crippen LogP contribution in [0.2, 0.25) is 0 Å². The summed E-state index contributed by atoms with van der Waals surface area (Å²) in [5.74, 6) is 1.72. The average Bonchev–Trinajstić information content (AvgIpc) is 2.67. The molecule has 0 unspecified atom stereocenters. The molecule has 2 rings (SSSR count). The molecule has 2 aromatic heterocycles. The number of hydrogen-bond donors (Lipinski definition) is 1. The second-order valence-electron chi connectivity index (χ2n) is 4.48. The van der Waals surface area contributed by atoms with Gasteiger partial charge in [0, 0.05) is 14.1 Å². The minimum Gasteiger partial charge on any atom is -0.371 e. The van der Waals surface area contributed by atoms with E-state index in [9.17, 15) is 0 Å². The summed E-state index contributed by atoms with van der Waals surface area (Å²) in [5.41, 5.74) is 1.68. The van der Waals surface area contributed by atoms with Crippen LogP contribution in [0.15, 0.2) is 12.1 Å². The first-order valence-electron chi connectivity index (χ1n) is 5.71. The Morgan fingerprint density at radius 3 is 2.71 bits per heavy atom. The summed E-state index contributed by atoms with van der Waals surface area (Å²) >= 11 is 0. The van der Waals surface area contributed by atoms with Gasteiger partial charge >= 0.3 is 0 Å². The summed E-state index contributed by atoms with van der Waals surface area (Å²) in [4.78, 5) is 14.0. The lowest BCUT2D eigenvalue weighted by molar-refractivity contribution is 0.0618. The Kier molecular flexibility index (Phi) is 3.28. The van der Waals surface area contributed by atoms with Crippen LogP contribution in [0, 0.1) is 0 Å². The van der Waals surface area contributed by atoms with Crippen LogP contribution in [0.3, 0.4) is 0 Å². The van der Waals surface area contributed by atoms with E-state index in [0.29, 0.717) is 6.61 Å². The van der Waals surface area contributed by atoms with Gasteiger partial charge in [-0.3, -0.25) is 0 Å². The second kappa shape index (κ2) is 4.71. The first kappa shape index (κ1) is 11.9. The van der Waals surface area contributed by atoms with Gasteiger partial charge in [0.25, 0.3) is 0 Å². The number of rotatable bonds is 4. The van der Waals surface area contributed by atoms with E-state index in [1.807, 2.05) is 45.0 Å². The highest BCUT2D eigenvalue weighted by molar-refractivity contribution is 5.72. The number of anilines is 1. The van der Waals surface area contributed by atoms with Crippen molar-refractivity contribution in [3.05, 3.63) is 18.0 Å². The van der Waals surface area contributed by atoms with Crippen molar-refractivity contribution in [2.75, 3.05) is 19.0 Å². The summed E-state index contributed by atoms with van der Waals surface area (Å²) in [6.45, 7) is 4.50. The zero-order valence-corrected chi connectivity index (χ0v) is 10.7. The number of ether oxygens (including phenoxy) is 1. The molecule has 0 atom stereocenters. The molecule has 2 aromatic rings. The maximum Gasteiger partial charge on any atom is 0.179 e. The summed E-state index contributed by atoms with van der Waals surface area (Å²) in [7, 11) is 3.92. The molecule has 0 spiro atoms. The van der Waals surface area contributed by atoms with Crippen molar-refractivity contribution in [3.8, 4) is 0 Å². The third-order valence-electron chi connectivity index (χ3n) is 2.39. The van der Waals surface area contributed by atoms with Crippen molar-refractivity contribution < 1.29 is 4.74 Å². The average molecular weight is 234 g/mol. The summed E-state index contributed by atoms with van der Waals surface area (Å²) < 4.78 is 5.50. The normalized spacial score (nSPS) is 11.4. The fourth-order valence-corrected chi connectivity index (χ4v) is 1.50. The van der Waals surface area contributed by atoms with Crippen molar-refractivity contribution in [2.45, 2.75) is 26.6 Å². The van der Waals surface area contributed by atoms with Gasteiger partial charge in [0.05, 0.1) is 11.6 Å². The van der Waals surface area contributed by atoms with Gasteiger partial charge in [-0.05, 0) is 26.0 Å². The van der Waals surface area contributed by atoms with Crippen molar-refractivity contribution >= 4 is 17.0 Å². The molecule has 0 fully saturated rings. The molecule has 5 heteroatoms. The lowest BCUT2D eigenvalue weighted by atomic mass is 10.4. The molecule has 0 saturated heterocycles. The predicted molar refractivity (Wildman–Crippen MR) is 68.1 cm³/mol. The van der Waals surface area contributed by atoms with Crippen LogP contribution in [0.1, 0.15) is 19.7 Å². The molecular formula is C12H18N4O. The van der Waals surface area contributed by atoms with Gasteiger partial charge in [-0.15, -0.1) is 0 Å². The molecule has 0 aliphatic rings. The first-order valence-corrected chi connectivity index (χ1v) is 5.71. The number of aromatic nitrogens is 3. The maximum atomic E-state index is 5.50. The monoisotopic (exact) mass is 234 g/mol. The minimum atomic E-state index is 0.202. The van der Waals surface area contributed by atoms with E-state index in [1.165, 1.54) is 0 Å². The number of fused-ring (bicyclic) bond motifs is 1. The number of H-pyrrole nitrogens is 1. The van der Waals surface area contributed by atoms with E-state index in [4.69, 9.17) is 4.74 Å². The lowest BCUT2D eigenvalue weighted by Gasteiger charge is -2.09. The van der Waals surface area contributed by atoms with Crippen LogP contribution in [-0.2, 0) is 11.3 Å². The number of nitrogens with one attached hydrogen (secondary N) is 1. The van der Waals surface area contributed by atoms with Crippen LogP contribution < -0.4 is 4.90 Å². The number of imidazole rings is 1. The van der Waals surface area contributed by atoms with E-state index < -0.39 is 0 Å². The molecule has 0 aromatic carbocycles. The summed E-state index contributed by atoms with van der Waals surface area (Å²) in [6.07, 6.45) is 0.202. The molecule has 17 heavy (non-hydrogen) atoms.